The van der Waals surface area contributed by atoms with E-state index in [4.69, 9.17) is 4.74 Å². The van der Waals surface area contributed by atoms with Crippen molar-refractivity contribution in [2.45, 2.75) is 24.7 Å². The Morgan fingerprint density at radius 1 is 0.964 bits per heavy atom. The van der Waals surface area contributed by atoms with Crippen molar-refractivity contribution in [2.75, 3.05) is 32.8 Å². The summed E-state index contributed by atoms with van der Waals surface area (Å²) in [6, 6.07) is 16.2. The van der Waals surface area contributed by atoms with Gasteiger partial charge >= 0.3 is 0 Å². The van der Waals surface area contributed by atoms with Crippen molar-refractivity contribution in [1.82, 2.24) is 9.21 Å². The molecule has 0 unspecified atom stereocenters. The van der Waals surface area contributed by atoms with Crippen LogP contribution in [-0.4, -0.2) is 56.3 Å². The Labute approximate surface area is 166 Å². The highest BCUT2D eigenvalue weighted by atomic mass is 32.2. The highest BCUT2D eigenvalue weighted by molar-refractivity contribution is 7.89. The maximum atomic E-state index is 12.7. The number of piperazine rings is 1. The topological polar surface area (TPSA) is 66.9 Å². The Balaban J connectivity index is 1.50. The van der Waals surface area contributed by atoms with Crippen LogP contribution >= 0.6 is 0 Å². The van der Waals surface area contributed by atoms with Crippen molar-refractivity contribution in [2.24, 2.45) is 0 Å². The zero-order valence-electron chi connectivity index (χ0n) is 16.1. The Hall–Kier alpha value is -2.38. The number of carbonyl (C=O) groups is 1. The van der Waals surface area contributed by atoms with E-state index in [0.717, 1.165) is 11.3 Å². The van der Waals surface area contributed by atoms with Gasteiger partial charge in [0.2, 0.25) is 15.9 Å². The van der Waals surface area contributed by atoms with Crippen LogP contribution in [0.15, 0.2) is 59.5 Å². The van der Waals surface area contributed by atoms with Gasteiger partial charge in [0.25, 0.3) is 0 Å². The van der Waals surface area contributed by atoms with Gasteiger partial charge in [-0.25, -0.2) is 8.42 Å². The predicted molar refractivity (Wildman–Crippen MR) is 108 cm³/mol. The second-order valence-corrected chi connectivity index (χ2v) is 8.61. The zero-order valence-corrected chi connectivity index (χ0v) is 16.9. The number of aryl methyl sites for hydroxylation is 1. The summed E-state index contributed by atoms with van der Waals surface area (Å²) >= 11 is 0. The molecule has 0 atom stereocenters. The number of carbonyl (C=O) groups excluding carboxylic acids is 1. The van der Waals surface area contributed by atoms with E-state index >= 15 is 0 Å². The summed E-state index contributed by atoms with van der Waals surface area (Å²) in [6.07, 6.45) is 1.08. The Kier molecular flexibility index (Phi) is 6.70. The van der Waals surface area contributed by atoms with Crippen LogP contribution in [0.3, 0.4) is 0 Å². The van der Waals surface area contributed by atoms with E-state index in [-0.39, 0.29) is 5.91 Å². The third-order valence-electron chi connectivity index (χ3n) is 4.83. The van der Waals surface area contributed by atoms with Gasteiger partial charge in [0.15, 0.2) is 0 Å². The summed E-state index contributed by atoms with van der Waals surface area (Å²) in [4.78, 5) is 14.6. The van der Waals surface area contributed by atoms with Crippen LogP contribution in [0.4, 0.5) is 0 Å². The Bertz CT molecular complexity index is 874. The highest BCUT2D eigenvalue weighted by Gasteiger charge is 2.29. The van der Waals surface area contributed by atoms with Gasteiger partial charge in [0.05, 0.1) is 11.5 Å². The number of nitrogens with zero attached hydrogens (tertiary/aromatic N) is 2. The number of hydrogen-bond acceptors (Lipinski definition) is 4. The SMILES string of the molecule is CCOc1ccc(CCC(=O)N2CCN(S(=O)(=O)c3ccccc3)CC2)cc1. The van der Waals surface area contributed by atoms with Crippen molar-refractivity contribution in [1.29, 1.82) is 0 Å². The Morgan fingerprint density at radius 3 is 2.21 bits per heavy atom. The fourth-order valence-corrected chi connectivity index (χ4v) is 4.69. The van der Waals surface area contributed by atoms with Crippen LogP contribution < -0.4 is 4.74 Å². The van der Waals surface area contributed by atoms with E-state index < -0.39 is 10.0 Å². The van der Waals surface area contributed by atoms with Gasteiger partial charge in [0, 0.05) is 32.6 Å². The third-order valence-corrected chi connectivity index (χ3v) is 6.75. The number of amides is 1. The van der Waals surface area contributed by atoms with Crippen LogP contribution in [0.25, 0.3) is 0 Å². The minimum Gasteiger partial charge on any atom is -0.494 e. The molecule has 1 saturated heterocycles. The summed E-state index contributed by atoms with van der Waals surface area (Å²) in [5.74, 6) is 0.888. The molecule has 2 aromatic rings. The average Bonchev–Trinajstić information content (AvgIpc) is 2.74. The van der Waals surface area contributed by atoms with Gasteiger partial charge in [0.1, 0.15) is 5.75 Å². The summed E-state index contributed by atoms with van der Waals surface area (Å²) in [7, 11) is -3.49. The van der Waals surface area contributed by atoms with E-state index in [9.17, 15) is 13.2 Å². The van der Waals surface area contributed by atoms with E-state index in [2.05, 4.69) is 0 Å². The molecule has 1 aliphatic heterocycles. The first-order chi connectivity index (χ1) is 13.5. The molecule has 1 aliphatic rings. The van der Waals surface area contributed by atoms with Gasteiger partial charge in [-0.2, -0.15) is 4.31 Å². The standard InChI is InChI=1S/C21H26N2O4S/c1-2-27-19-11-8-18(9-12-19)10-13-21(24)22-14-16-23(17-15-22)28(25,26)20-6-4-3-5-7-20/h3-9,11-12H,2,10,13-17H2,1H3. The molecule has 150 valence electrons. The molecule has 6 nitrogen and oxygen atoms in total. The average molecular weight is 403 g/mol. The van der Waals surface area contributed by atoms with E-state index in [1.807, 2.05) is 31.2 Å². The molecule has 3 rings (SSSR count). The fraction of sp³-hybridized carbons (Fsp3) is 0.381. The molecule has 0 aromatic heterocycles. The molecule has 0 N–H and O–H groups in total. The molecular weight excluding hydrogens is 376 g/mol. The quantitative estimate of drug-likeness (QED) is 0.714. The molecule has 1 heterocycles. The molecule has 1 fully saturated rings. The van der Waals surface area contributed by atoms with Gasteiger partial charge < -0.3 is 9.64 Å². The number of benzene rings is 2. The van der Waals surface area contributed by atoms with Crippen LogP contribution in [0.2, 0.25) is 0 Å². The van der Waals surface area contributed by atoms with Crippen molar-refractivity contribution in [3.05, 3.63) is 60.2 Å². The normalized spacial score (nSPS) is 15.4. The first-order valence-electron chi connectivity index (χ1n) is 9.55. The van der Waals surface area contributed by atoms with Crippen LogP contribution in [-0.2, 0) is 21.2 Å². The molecule has 0 aliphatic carbocycles. The fourth-order valence-electron chi connectivity index (χ4n) is 3.25. The molecule has 7 heteroatoms. The molecule has 2 aromatic carbocycles. The smallest absolute Gasteiger partial charge is 0.243 e. The minimum absolute atomic E-state index is 0.0608. The van der Waals surface area contributed by atoms with Gasteiger partial charge in [-0.3, -0.25) is 4.79 Å². The minimum atomic E-state index is -3.49. The predicted octanol–water partition coefficient (Wildman–Crippen LogP) is 2.55. The third kappa shape index (κ3) is 4.91. The van der Waals surface area contributed by atoms with Crippen LogP contribution in [0, 0.1) is 0 Å². The van der Waals surface area contributed by atoms with E-state index in [0.29, 0.717) is 50.5 Å². The monoisotopic (exact) mass is 402 g/mol. The summed E-state index contributed by atoms with van der Waals surface area (Å²) in [5, 5.41) is 0. The van der Waals surface area contributed by atoms with Crippen molar-refractivity contribution in [3.63, 3.8) is 0 Å². The number of ether oxygens (including phenoxy) is 1. The molecule has 0 spiro atoms. The second kappa shape index (κ2) is 9.21. The lowest BCUT2D eigenvalue weighted by Gasteiger charge is -2.34. The van der Waals surface area contributed by atoms with Crippen LogP contribution in [0.5, 0.6) is 5.75 Å². The number of sulfonamides is 1. The van der Waals surface area contributed by atoms with Gasteiger partial charge in [-0.15, -0.1) is 0 Å². The van der Waals surface area contributed by atoms with Gasteiger partial charge in [-0.05, 0) is 43.2 Å². The molecule has 1 amide bonds. The van der Waals surface area contributed by atoms with Crippen molar-refractivity contribution in [3.8, 4) is 5.75 Å². The second-order valence-electron chi connectivity index (χ2n) is 6.67. The summed E-state index contributed by atoms with van der Waals surface area (Å²) < 4.78 is 32.2. The first kappa shape index (κ1) is 20.4. The number of rotatable bonds is 7. The summed E-state index contributed by atoms with van der Waals surface area (Å²) in [5.41, 5.74) is 1.09. The highest BCUT2D eigenvalue weighted by Crippen LogP contribution is 2.18. The van der Waals surface area contributed by atoms with E-state index in [1.165, 1.54) is 4.31 Å². The largest absolute Gasteiger partial charge is 0.494 e. The van der Waals surface area contributed by atoms with Crippen molar-refractivity contribution >= 4 is 15.9 Å². The molecular formula is C21H26N2O4S. The van der Waals surface area contributed by atoms with Crippen LogP contribution in [0.1, 0.15) is 18.9 Å². The first-order valence-corrected chi connectivity index (χ1v) is 11.0. The van der Waals surface area contributed by atoms with E-state index in [1.54, 1.807) is 35.2 Å². The lowest BCUT2D eigenvalue weighted by molar-refractivity contribution is -0.132. The zero-order chi connectivity index (χ0) is 20.0. The summed E-state index contributed by atoms with van der Waals surface area (Å²) in [6.45, 7) is 4.07. The molecule has 0 saturated carbocycles. The number of hydrogen-bond donors (Lipinski definition) is 0. The molecule has 28 heavy (non-hydrogen) atoms. The lowest BCUT2D eigenvalue weighted by atomic mass is 10.1. The molecule has 0 radical (unpaired) electrons. The molecule has 0 bridgehead atoms. The van der Waals surface area contributed by atoms with Gasteiger partial charge in [-0.1, -0.05) is 30.3 Å². The Morgan fingerprint density at radius 2 is 1.61 bits per heavy atom. The maximum Gasteiger partial charge on any atom is 0.243 e. The maximum absolute atomic E-state index is 12.7. The van der Waals surface area contributed by atoms with Crippen molar-refractivity contribution < 1.29 is 17.9 Å². The lowest BCUT2D eigenvalue weighted by Crippen LogP contribution is -2.50.